The van der Waals surface area contributed by atoms with Crippen LogP contribution in [0, 0.1) is 23.7 Å². The zero-order valence-electron chi connectivity index (χ0n) is 10.3. The molecule has 0 spiro atoms. The summed E-state index contributed by atoms with van der Waals surface area (Å²) in [5, 5.41) is 2.44. The zero-order valence-corrected chi connectivity index (χ0v) is 10.3. The molecule has 0 aromatic carbocycles. The van der Waals surface area contributed by atoms with Crippen LogP contribution in [0.1, 0.15) is 13.8 Å². The van der Waals surface area contributed by atoms with E-state index in [0.29, 0.717) is 0 Å². The van der Waals surface area contributed by atoms with Gasteiger partial charge in [-0.3, -0.25) is 14.9 Å². The van der Waals surface area contributed by atoms with Crippen molar-refractivity contribution >= 4 is 11.8 Å². The summed E-state index contributed by atoms with van der Waals surface area (Å²) >= 11 is 0. The van der Waals surface area contributed by atoms with Crippen molar-refractivity contribution in [1.82, 2.24) is 5.32 Å². The van der Waals surface area contributed by atoms with Crippen molar-refractivity contribution in [2.45, 2.75) is 31.8 Å². The van der Waals surface area contributed by atoms with Gasteiger partial charge in [-0.2, -0.15) is 0 Å². The minimum Gasteiger partial charge on any atom is -0.344 e. The van der Waals surface area contributed by atoms with E-state index in [9.17, 15) is 9.59 Å². The fourth-order valence-corrected chi connectivity index (χ4v) is 3.98. The first-order valence-corrected chi connectivity index (χ1v) is 6.37. The Morgan fingerprint density at radius 2 is 1.44 bits per heavy atom. The smallest absolute Gasteiger partial charge is 0.231 e. The van der Waals surface area contributed by atoms with Gasteiger partial charge in [-0.25, -0.2) is 0 Å². The maximum atomic E-state index is 11.9. The number of hydrogen-bond acceptors (Lipinski definition) is 4. The molecule has 6 atom stereocenters. The first kappa shape index (κ1) is 10.7. The molecule has 0 unspecified atom stereocenters. The molecule has 0 aromatic rings. The minimum atomic E-state index is -0.629. The van der Waals surface area contributed by atoms with Gasteiger partial charge in [-0.15, -0.1) is 0 Å². The van der Waals surface area contributed by atoms with E-state index in [0.717, 1.165) is 0 Å². The first-order chi connectivity index (χ1) is 8.48. The highest BCUT2D eigenvalue weighted by molar-refractivity contribution is 6.06. The van der Waals surface area contributed by atoms with Crippen molar-refractivity contribution in [2.24, 2.45) is 23.7 Å². The Labute approximate surface area is 105 Å². The Morgan fingerprint density at radius 1 is 1.00 bits per heavy atom. The van der Waals surface area contributed by atoms with Crippen molar-refractivity contribution in [2.75, 3.05) is 0 Å². The summed E-state index contributed by atoms with van der Waals surface area (Å²) in [6, 6.07) is 0. The molecule has 5 heteroatoms. The van der Waals surface area contributed by atoms with Crippen LogP contribution in [0.4, 0.5) is 0 Å². The van der Waals surface area contributed by atoms with Crippen LogP contribution in [-0.2, 0) is 19.1 Å². The van der Waals surface area contributed by atoms with Crippen molar-refractivity contribution in [3.63, 3.8) is 0 Å². The molecule has 5 nitrogen and oxygen atoms in total. The second kappa shape index (κ2) is 3.03. The number of imide groups is 1. The van der Waals surface area contributed by atoms with E-state index < -0.39 is 5.79 Å². The molecule has 96 valence electrons. The number of rotatable bonds is 0. The predicted molar refractivity (Wildman–Crippen MR) is 60.1 cm³/mol. The molecule has 0 aromatic heterocycles. The maximum Gasteiger partial charge on any atom is 0.231 e. The summed E-state index contributed by atoms with van der Waals surface area (Å²) < 4.78 is 11.8. The highest BCUT2D eigenvalue weighted by atomic mass is 16.8. The zero-order chi connectivity index (χ0) is 12.7. The van der Waals surface area contributed by atoms with Crippen LogP contribution in [-0.4, -0.2) is 29.8 Å². The summed E-state index contributed by atoms with van der Waals surface area (Å²) in [6.07, 6.45) is 3.84. The van der Waals surface area contributed by atoms with Gasteiger partial charge in [0.2, 0.25) is 11.8 Å². The number of carbonyl (C=O) groups is 2. The molecule has 3 aliphatic carbocycles. The molecule has 5 aliphatic rings. The fraction of sp³-hybridized carbons (Fsp3) is 0.692. The summed E-state index contributed by atoms with van der Waals surface area (Å²) in [5.41, 5.74) is 0. The number of carbonyl (C=O) groups excluding carboxylic acids is 2. The van der Waals surface area contributed by atoms with Gasteiger partial charge in [-0.05, 0) is 13.8 Å². The van der Waals surface area contributed by atoms with Gasteiger partial charge in [0.25, 0.3) is 0 Å². The van der Waals surface area contributed by atoms with Gasteiger partial charge < -0.3 is 9.47 Å². The van der Waals surface area contributed by atoms with Crippen LogP contribution in [0.3, 0.4) is 0 Å². The summed E-state index contributed by atoms with van der Waals surface area (Å²) in [6.45, 7) is 3.75. The van der Waals surface area contributed by atoms with E-state index in [1.165, 1.54) is 0 Å². The molecular weight excluding hydrogens is 234 g/mol. The van der Waals surface area contributed by atoms with E-state index in [2.05, 4.69) is 5.32 Å². The fourth-order valence-electron chi connectivity index (χ4n) is 3.98. The van der Waals surface area contributed by atoms with Crippen molar-refractivity contribution in [1.29, 1.82) is 0 Å². The Bertz CT molecular complexity index is 443. The molecule has 2 bridgehead atoms. The standard InChI is InChI=1S/C13H15NO4/c1-13(2)17-9-5-3-4-6(10(9)18-13)8-7(5)11(15)14-12(8)16/h3-10H,1-2H3,(H,14,15,16)/t5-,6+,7+,8-,9-,10+. The van der Waals surface area contributed by atoms with Crippen LogP contribution in [0.2, 0.25) is 0 Å². The number of ether oxygens (including phenoxy) is 2. The van der Waals surface area contributed by atoms with E-state index in [1.54, 1.807) is 0 Å². The highest BCUT2D eigenvalue weighted by Gasteiger charge is 2.64. The van der Waals surface area contributed by atoms with Gasteiger partial charge >= 0.3 is 0 Å². The quantitative estimate of drug-likeness (QED) is 0.492. The highest BCUT2D eigenvalue weighted by Crippen LogP contribution is 2.53. The van der Waals surface area contributed by atoms with Gasteiger partial charge in [-0.1, -0.05) is 12.2 Å². The lowest BCUT2D eigenvalue weighted by Crippen LogP contribution is -2.54. The van der Waals surface area contributed by atoms with E-state index >= 15 is 0 Å². The first-order valence-electron chi connectivity index (χ1n) is 6.37. The topological polar surface area (TPSA) is 64.6 Å². The average Bonchev–Trinajstić information content (AvgIpc) is 2.78. The Morgan fingerprint density at radius 3 is 1.89 bits per heavy atom. The lowest BCUT2D eigenvalue weighted by Gasteiger charge is -2.44. The molecule has 3 fully saturated rings. The molecule has 1 N–H and O–H groups in total. The third kappa shape index (κ3) is 1.14. The predicted octanol–water partition coefficient (Wildman–Crippen LogP) is 0.211. The number of hydrogen-bond donors (Lipinski definition) is 1. The second-order valence-electron chi connectivity index (χ2n) is 6.01. The molecule has 1 saturated carbocycles. The van der Waals surface area contributed by atoms with Gasteiger partial charge in [0.05, 0.1) is 24.0 Å². The number of nitrogens with one attached hydrogen (secondary N) is 1. The molecule has 0 radical (unpaired) electrons. The average molecular weight is 249 g/mol. The molecule has 2 aliphatic heterocycles. The minimum absolute atomic E-state index is 0.0433. The summed E-state index contributed by atoms with van der Waals surface area (Å²) in [7, 11) is 0. The van der Waals surface area contributed by atoms with Crippen LogP contribution >= 0.6 is 0 Å². The lowest BCUT2D eigenvalue weighted by molar-refractivity contribution is -0.150. The van der Waals surface area contributed by atoms with Crippen LogP contribution in [0.25, 0.3) is 0 Å². The van der Waals surface area contributed by atoms with Crippen molar-refractivity contribution < 1.29 is 19.1 Å². The monoisotopic (exact) mass is 249 g/mol. The third-order valence-electron chi connectivity index (χ3n) is 4.55. The normalized spacial score (nSPS) is 51.2. The third-order valence-corrected chi connectivity index (χ3v) is 4.55. The molecule has 5 rings (SSSR count). The van der Waals surface area contributed by atoms with E-state index in [4.69, 9.17) is 9.47 Å². The SMILES string of the molecule is CC1(C)O[C@@H]2[C@@H]3C=C[C@H]([C@@H]2O1)[C@H]1C(=O)NC(=O)[C@@H]31. The summed E-state index contributed by atoms with van der Waals surface area (Å²) in [4.78, 5) is 23.8. The van der Waals surface area contributed by atoms with Gasteiger partial charge in [0.15, 0.2) is 5.79 Å². The molecular formula is C13H15NO4. The van der Waals surface area contributed by atoms with Gasteiger partial charge in [0, 0.05) is 11.8 Å². The van der Waals surface area contributed by atoms with Crippen LogP contribution < -0.4 is 5.32 Å². The maximum absolute atomic E-state index is 11.9. The molecule has 2 amide bonds. The van der Waals surface area contributed by atoms with Gasteiger partial charge in [0.1, 0.15) is 0 Å². The van der Waals surface area contributed by atoms with Crippen molar-refractivity contribution in [3.8, 4) is 0 Å². The van der Waals surface area contributed by atoms with E-state index in [-0.39, 0.29) is 47.7 Å². The molecule has 2 saturated heterocycles. The second-order valence-corrected chi connectivity index (χ2v) is 6.01. The lowest BCUT2D eigenvalue weighted by atomic mass is 9.60. The van der Waals surface area contributed by atoms with E-state index in [1.807, 2.05) is 26.0 Å². The number of amides is 2. The molecule has 18 heavy (non-hydrogen) atoms. The molecule has 2 heterocycles. The Kier molecular flexibility index (Phi) is 1.80. The largest absolute Gasteiger partial charge is 0.344 e. The Balaban J connectivity index is 1.79. The Hall–Kier alpha value is -1.20. The summed E-state index contributed by atoms with van der Waals surface area (Å²) in [5.74, 6) is -1.57. The van der Waals surface area contributed by atoms with Crippen molar-refractivity contribution in [3.05, 3.63) is 12.2 Å². The van der Waals surface area contributed by atoms with Crippen LogP contribution in [0.5, 0.6) is 0 Å². The van der Waals surface area contributed by atoms with Crippen LogP contribution in [0.15, 0.2) is 12.2 Å².